The van der Waals surface area contributed by atoms with Gasteiger partial charge in [-0.25, -0.2) is 10.2 Å². The summed E-state index contributed by atoms with van der Waals surface area (Å²) in [4.78, 5) is 8.93. The second-order valence-corrected chi connectivity index (χ2v) is 7.38. The minimum atomic E-state index is -0.379. The highest BCUT2D eigenvalue weighted by Gasteiger charge is 2.59. The van der Waals surface area contributed by atoms with Crippen LogP contribution in [0.2, 0.25) is 0 Å². The lowest BCUT2D eigenvalue weighted by Gasteiger charge is -2.51. The molecule has 1 spiro atoms. The van der Waals surface area contributed by atoms with Crippen LogP contribution in [0, 0.1) is 12.8 Å². The lowest BCUT2D eigenvalue weighted by Crippen LogP contribution is -2.69. The molecule has 7 heteroatoms. The molecular formula is C17H21N4O3+. The van der Waals surface area contributed by atoms with Gasteiger partial charge in [-0.2, -0.15) is 9.63 Å². The van der Waals surface area contributed by atoms with E-state index in [2.05, 4.69) is 15.3 Å². The van der Waals surface area contributed by atoms with E-state index >= 15 is 0 Å². The van der Waals surface area contributed by atoms with Crippen LogP contribution in [0.5, 0.6) is 0 Å². The number of aliphatic imine (C=N–C) groups is 1. The van der Waals surface area contributed by atoms with Gasteiger partial charge in [-0.1, -0.05) is 6.07 Å². The molecule has 2 N–H and O–H groups in total. The first-order valence-electron chi connectivity index (χ1n) is 8.50. The van der Waals surface area contributed by atoms with Crippen LogP contribution in [0.4, 0.5) is 6.01 Å². The van der Waals surface area contributed by atoms with Crippen molar-refractivity contribution in [1.82, 2.24) is 4.98 Å². The van der Waals surface area contributed by atoms with Crippen LogP contribution in [0.15, 0.2) is 27.6 Å². The Morgan fingerprint density at radius 1 is 1.33 bits per heavy atom. The average molecular weight is 329 g/mol. The second-order valence-electron chi connectivity index (χ2n) is 7.38. The second kappa shape index (κ2) is 4.70. The van der Waals surface area contributed by atoms with Gasteiger partial charge in [-0.15, -0.1) is 0 Å². The summed E-state index contributed by atoms with van der Waals surface area (Å²) >= 11 is 0. The Bertz CT molecular complexity index is 837. The van der Waals surface area contributed by atoms with Crippen molar-refractivity contribution < 1.29 is 19.0 Å². The van der Waals surface area contributed by atoms with Crippen molar-refractivity contribution in [2.45, 2.75) is 25.4 Å². The Labute approximate surface area is 139 Å². The molecule has 3 saturated heterocycles. The van der Waals surface area contributed by atoms with Crippen molar-refractivity contribution in [3.8, 4) is 0 Å². The van der Waals surface area contributed by atoms with Gasteiger partial charge in [0.05, 0.1) is 6.54 Å². The quantitative estimate of drug-likeness (QED) is 0.785. The molecule has 6 rings (SSSR count). The summed E-state index contributed by atoms with van der Waals surface area (Å²) < 4.78 is 12.0. The maximum atomic E-state index is 10.6. The number of aromatic nitrogens is 1. The van der Waals surface area contributed by atoms with Crippen molar-refractivity contribution in [1.29, 1.82) is 0 Å². The number of hydroxylamine groups is 3. The number of amidine groups is 1. The molecule has 2 aromatic rings. The molecule has 3 fully saturated rings. The van der Waals surface area contributed by atoms with Crippen molar-refractivity contribution in [3.05, 3.63) is 23.8 Å². The van der Waals surface area contributed by atoms with Crippen molar-refractivity contribution in [3.63, 3.8) is 0 Å². The number of nitrogens with one attached hydrogen (secondary N) is 1. The minimum Gasteiger partial charge on any atom is -0.450 e. The topological polar surface area (TPSA) is 79.9 Å². The first kappa shape index (κ1) is 14.2. The summed E-state index contributed by atoms with van der Waals surface area (Å²) in [7, 11) is 0. The van der Waals surface area contributed by atoms with Gasteiger partial charge >= 0.3 is 6.01 Å². The van der Waals surface area contributed by atoms with E-state index in [1.807, 2.05) is 25.1 Å². The molecule has 0 aliphatic carbocycles. The number of fused-ring (bicyclic) bond motifs is 3. The van der Waals surface area contributed by atoms with Gasteiger partial charge in [0, 0.05) is 18.8 Å². The monoisotopic (exact) mass is 329 g/mol. The van der Waals surface area contributed by atoms with Gasteiger partial charge in [-0.3, -0.25) is 5.32 Å². The first-order valence-corrected chi connectivity index (χ1v) is 8.50. The van der Waals surface area contributed by atoms with Gasteiger partial charge < -0.3 is 9.15 Å². The third-order valence-electron chi connectivity index (χ3n) is 5.64. The number of hydrogen-bond donors (Lipinski definition) is 2. The summed E-state index contributed by atoms with van der Waals surface area (Å²) in [6, 6.07) is 6.73. The van der Waals surface area contributed by atoms with E-state index in [1.165, 1.54) is 0 Å². The molecule has 7 nitrogen and oxygen atoms in total. The number of aryl methyl sites for hydroxylation is 1. The molecule has 0 unspecified atom stereocenters. The zero-order valence-electron chi connectivity index (χ0n) is 13.7. The Morgan fingerprint density at radius 3 is 2.96 bits per heavy atom. The zero-order chi connectivity index (χ0) is 16.4. The minimum absolute atomic E-state index is 0.113. The van der Waals surface area contributed by atoms with Crippen LogP contribution >= 0.6 is 0 Å². The number of quaternary nitrogens is 1. The predicted molar refractivity (Wildman–Crippen MR) is 87.9 cm³/mol. The fourth-order valence-electron chi connectivity index (χ4n) is 4.36. The molecule has 5 heterocycles. The Balaban J connectivity index is 1.35. The van der Waals surface area contributed by atoms with Gasteiger partial charge in [0.2, 0.25) is 0 Å². The van der Waals surface area contributed by atoms with Gasteiger partial charge in [0.1, 0.15) is 18.6 Å². The number of piperidine rings is 3. The van der Waals surface area contributed by atoms with Crippen LogP contribution in [0.25, 0.3) is 11.1 Å². The van der Waals surface area contributed by atoms with Crippen molar-refractivity contribution in [2.75, 3.05) is 31.5 Å². The molecular weight excluding hydrogens is 308 g/mol. The fourth-order valence-corrected chi connectivity index (χ4v) is 4.36. The summed E-state index contributed by atoms with van der Waals surface area (Å²) in [6.45, 7) is 4.86. The molecule has 4 aliphatic heterocycles. The van der Waals surface area contributed by atoms with E-state index in [9.17, 15) is 5.21 Å². The van der Waals surface area contributed by atoms with E-state index in [4.69, 9.17) is 9.15 Å². The maximum absolute atomic E-state index is 10.6. The smallest absolute Gasteiger partial charge is 0.303 e. The molecule has 0 amide bonds. The standard InChI is InChI=1S/C17H21N4O3/c1-11-2-3-13-14(8-11)23-16(19-13)20-15-18-9-17(24-15)10-21(22)6-4-12(17)5-7-21/h2-3,8,12,22H,4-7,9-10H2,1H3,(H,18,19,20)/q+1/t12?,17-,21?/m0/s1. The molecule has 4 aliphatic rings. The number of ether oxygens (including phenoxy) is 1. The number of nitrogens with zero attached hydrogens (tertiary/aromatic N) is 3. The molecule has 1 aromatic heterocycles. The number of hydrogen-bond acceptors (Lipinski definition) is 6. The molecule has 126 valence electrons. The van der Waals surface area contributed by atoms with Crippen molar-refractivity contribution in [2.24, 2.45) is 10.9 Å². The molecule has 1 atom stereocenters. The third-order valence-corrected chi connectivity index (χ3v) is 5.64. The Hall–Kier alpha value is -2.12. The van der Waals surface area contributed by atoms with E-state index in [-0.39, 0.29) is 10.2 Å². The number of benzene rings is 1. The molecule has 1 aromatic carbocycles. The zero-order valence-corrected chi connectivity index (χ0v) is 13.7. The molecule has 24 heavy (non-hydrogen) atoms. The SMILES string of the molecule is Cc1ccc2nc(NC3=NC[C@@]4(C[N+]5(O)CCC4CC5)O3)oc2c1. The molecule has 0 radical (unpaired) electrons. The van der Waals surface area contributed by atoms with Gasteiger partial charge in [0.25, 0.3) is 6.02 Å². The van der Waals surface area contributed by atoms with Crippen LogP contribution in [0.3, 0.4) is 0 Å². The Morgan fingerprint density at radius 2 is 2.17 bits per heavy atom. The summed E-state index contributed by atoms with van der Waals surface area (Å²) in [5.74, 6) is 0.457. The maximum Gasteiger partial charge on any atom is 0.303 e. The summed E-state index contributed by atoms with van der Waals surface area (Å²) in [5, 5.41) is 13.7. The van der Waals surface area contributed by atoms with Crippen LogP contribution < -0.4 is 5.32 Å². The van der Waals surface area contributed by atoms with Crippen LogP contribution in [-0.2, 0) is 4.74 Å². The lowest BCUT2D eigenvalue weighted by atomic mass is 9.75. The van der Waals surface area contributed by atoms with E-state index in [0.717, 1.165) is 42.6 Å². The van der Waals surface area contributed by atoms with Gasteiger partial charge in [0.15, 0.2) is 17.7 Å². The summed E-state index contributed by atoms with van der Waals surface area (Å²) in [5.41, 5.74) is 2.30. The largest absolute Gasteiger partial charge is 0.450 e. The Kier molecular flexibility index (Phi) is 2.79. The normalized spacial score (nSPS) is 34.6. The fraction of sp³-hybridized carbons (Fsp3) is 0.529. The lowest BCUT2D eigenvalue weighted by molar-refractivity contribution is -1.12. The number of rotatable bonds is 1. The van der Waals surface area contributed by atoms with Gasteiger partial charge in [-0.05, 0) is 24.6 Å². The highest BCUT2D eigenvalue weighted by atomic mass is 16.6. The third kappa shape index (κ3) is 2.12. The van der Waals surface area contributed by atoms with E-state index in [0.29, 0.717) is 31.0 Å². The molecule has 2 bridgehead atoms. The van der Waals surface area contributed by atoms with Crippen LogP contribution in [0.1, 0.15) is 18.4 Å². The van der Waals surface area contributed by atoms with Crippen molar-refractivity contribution >= 4 is 23.1 Å². The predicted octanol–water partition coefficient (Wildman–Crippen LogP) is 2.30. The molecule has 0 saturated carbocycles. The highest BCUT2D eigenvalue weighted by Crippen LogP contribution is 2.43. The number of oxazole rings is 1. The summed E-state index contributed by atoms with van der Waals surface area (Å²) in [6.07, 6.45) is 1.98. The number of anilines is 1. The first-order chi connectivity index (χ1) is 11.5. The average Bonchev–Trinajstić information content (AvgIpc) is 3.11. The van der Waals surface area contributed by atoms with E-state index < -0.39 is 0 Å². The van der Waals surface area contributed by atoms with E-state index in [1.54, 1.807) is 0 Å². The van der Waals surface area contributed by atoms with Crippen LogP contribution in [-0.4, -0.2) is 52.6 Å². The highest BCUT2D eigenvalue weighted by molar-refractivity contribution is 5.89.